The second-order valence-corrected chi connectivity index (χ2v) is 5.69. The van der Waals surface area contributed by atoms with E-state index in [-0.39, 0.29) is 11.4 Å². The summed E-state index contributed by atoms with van der Waals surface area (Å²) in [5, 5.41) is 3.71. The zero-order valence-electron chi connectivity index (χ0n) is 10.3. The summed E-state index contributed by atoms with van der Waals surface area (Å²) in [6, 6.07) is 7.75. The van der Waals surface area contributed by atoms with Gasteiger partial charge in [0, 0.05) is 11.8 Å². The van der Waals surface area contributed by atoms with E-state index in [1.165, 1.54) is 12.1 Å². The van der Waals surface area contributed by atoms with Crippen LogP contribution in [0, 0.1) is 6.92 Å². The summed E-state index contributed by atoms with van der Waals surface area (Å²) >= 11 is 0. The predicted molar refractivity (Wildman–Crippen MR) is 69.5 cm³/mol. The van der Waals surface area contributed by atoms with Gasteiger partial charge in [0.05, 0.1) is 17.1 Å². The molecule has 1 heterocycles. The van der Waals surface area contributed by atoms with E-state index in [0.29, 0.717) is 17.1 Å². The molecule has 2 aromatic rings. The van der Waals surface area contributed by atoms with Crippen LogP contribution in [0.4, 0.5) is 5.69 Å². The molecule has 0 bridgehead atoms. The summed E-state index contributed by atoms with van der Waals surface area (Å²) in [6.07, 6.45) is 0. The van der Waals surface area contributed by atoms with Crippen LogP contribution < -0.4 is 16.0 Å². The van der Waals surface area contributed by atoms with Crippen LogP contribution in [0.5, 0.6) is 0 Å². The Morgan fingerprint density at radius 3 is 2.53 bits per heavy atom. The summed E-state index contributed by atoms with van der Waals surface area (Å²) in [4.78, 5) is 0.159. The Labute approximate surface area is 110 Å². The van der Waals surface area contributed by atoms with Gasteiger partial charge in [0.15, 0.2) is 0 Å². The molecule has 2 rings (SSSR count). The molecule has 8 heteroatoms. The molecule has 4 N–H and O–H groups in total. The molecule has 1 aromatic heterocycles. The number of benzene rings is 1. The van der Waals surface area contributed by atoms with E-state index >= 15 is 0 Å². The molecule has 0 saturated heterocycles. The Balaban J connectivity index is 2.09. The molecule has 7 nitrogen and oxygen atoms in total. The van der Waals surface area contributed by atoms with Crippen LogP contribution in [0.3, 0.4) is 0 Å². The van der Waals surface area contributed by atoms with Crippen molar-refractivity contribution in [1.29, 1.82) is 0 Å². The SMILES string of the molecule is Cc1cc(CNS(=O)(=O)c2ccc(NN)cc2)no1. The van der Waals surface area contributed by atoms with Crippen LogP contribution in [0.2, 0.25) is 0 Å². The van der Waals surface area contributed by atoms with Gasteiger partial charge in [0.2, 0.25) is 10.0 Å². The van der Waals surface area contributed by atoms with Crippen molar-refractivity contribution >= 4 is 15.7 Å². The second kappa shape index (κ2) is 5.39. The van der Waals surface area contributed by atoms with Gasteiger partial charge in [-0.25, -0.2) is 13.1 Å². The van der Waals surface area contributed by atoms with Gasteiger partial charge in [0.25, 0.3) is 0 Å². The van der Waals surface area contributed by atoms with Crippen molar-refractivity contribution in [3.8, 4) is 0 Å². The molecule has 0 saturated carbocycles. The topological polar surface area (TPSA) is 110 Å². The van der Waals surface area contributed by atoms with Crippen LogP contribution in [-0.2, 0) is 16.6 Å². The van der Waals surface area contributed by atoms with Crippen molar-refractivity contribution in [3.63, 3.8) is 0 Å². The van der Waals surface area contributed by atoms with E-state index in [0.717, 1.165) is 0 Å². The summed E-state index contributed by atoms with van der Waals surface area (Å²) in [5.41, 5.74) is 3.59. The van der Waals surface area contributed by atoms with Gasteiger partial charge in [-0.05, 0) is 31.2 Å². The molecule has 0 aliphatic carbocycles. The van der Waals surface area contributed by atoms with Crippen LogP contribution in [0.25, 0.3) is 0 Å². The normalized spacial score (nSPS) is 11.5. The number of nitrogens with two attached hydrogens (primary N) is 1. The lowest BCUT2D eigenvalue weighted by Gasteiger charge is -2.06. The maximum atomic E-state index is 12.0. The number of sulfonamides is 1. The number of aryl methyl sites for hydroxylation is 1. The fraction of sp³-hybridized carbons (Fsp3) is 0.182. The quantitative estimate of drug-likeness (QED) is 0.551. The standard InChI is InChI=1S/C11H14N4O3S/c1-8-6-10(15-18-8)7-13-19(16,17)11-4-2-9(14-12)3-5-11/h2-6,13-14H,7,12H2,1H3. The van der Waals surface area contributed by atoms with Crippen molar-refractivity contribution in [2.24, 2.45) is 5.84 Å². The largest absolute Gasteiger partial charge is 0.361 e. The van der Waals surface area contributed by atoms with E-state index in [4.69, 9.17) is 10.4 Å². The fourth-order valence-electron chi connectivity index (χ4n) is 1.48. The number of hydrogen-bond acceptors (Lipinski definition) is 6. The minimum absolute atomic E-state index is 0.0799. The summed E-state index contributed by atoms with van der Waals surface area (Å²) in [5.74, 6) is 5.84. The van der Waals surface area contributed by atoms with Gasteiger partial charge in [-0.3, -0.25) is 5.84 Å². The van der Waals surface area contributed by atoms with Crippen molar-refractivity contribution < 1.29 is 12.9 Å². The Hall–Kier alpha value is -1.90. The first kappa shape index (κ1) is 13.5. The van der Waals surface area contributed by atoms with Crippen molar-refractivity contribution in [1.82, 2.24) is 9.88 Å². The van der Waals surface area contributed by atoms with Crippen molar-refractivity contribution in [3.05, 3.63) is 41.8 Å². The van der Waals surface area contributed by atoms with Crippen LogP contribution >= 0.6 is 0 Å². The van der Waals surface area contributed by atoms with E-state index in [1.807, 2.05) is 0 Å². The van der Waals surface area contributed by atoms with Gasteiger partial charge in [-0.1, -0.05) is 5.16 Å². The molecule has 1 aromatic carbocycles. The molecule has 0 radical (unpaired) electrons. The zero-order chi connectivity index (χ0) is 13.9. The van der Waals surface area contributed by atoms with E-state index < -0.39 is 10.0 Å². The molecule has 0 spiro atoms. The van der Waals surface area contributed by atoms with Gasteiger partial charge < -0.3 is 9.95 Å². The van der Waals surface area contributed by atoms with Gasteiger partial charge in [-0.2, -0.15) is 0 Å². The maximum Gasteiger partial charge on any atom is 0.240 e. The summed E-state index contributed by atoms with van der Waals surface area (Å²) < 4.78 is 31.3. The number of hydrogen-bond donors (Lipinski definition) is 3. The Bertz CT molecular complexity index is 649. The van der Waals surface area contributed by atoms with Gasteiger partial charge in [0.1, 0.15) is 5.76 Å². The Kier molecular flexibility index (Phi) is 3.84. The first-order chi connectivity index (χ1) is 9.01. The smallest absolute Gasteiger partial charge is 0.240 e. The van der Waals surface area contributed by atoms with Crippen LogP contribution in [-0.4, -0.2) is 13.6 Å². The molecule has 102 valence electrons. The number of rotatable bonds is 5. The minimum atomic E-state index is -3.57. The van der Waals surface area contributed by atoms with Gasteiger partial charge >= 0.3 is 0 Å². The molecule has 19 heavy (non-hydrogen) atoms. The van der Waals surface area contributed by atoms with Crippen LogP contribution in [0.15, 0.2) is 39.8 Å². The van der Waals surface area contributed by atoms with Gasteiger partial charge in [-0.15, -0.1) is 0 Å². The minimum Gasteiger partial charge on any atom is -0.361 e. The van der Waals surface area contributed by atoms with Crippen molar-refractivity contribution in [2.45, 2.75) is 18.4 Å². The van der Waals surface area contributed by atoms with E-state index in [2.05, 4.69) is 15.3 Å². The number of aromatic nitrogens is 1. The summed E-state index contributed by atoms with van der Waals surface area (Å²) in [7, 11) is -3.57. The predicted octanol–water partition coefficient (Wildman–Crippen LogP) is 0.747. The highest BCUT2D eigenvalue weighted by Crippen LogP contribution is 2.13. The lowest BCUT2D eigenvalue weighted by molar-refractivity contribution is 0.390. The second-order valence-electron chi connectivity index (χ2n) is 3.92. The number of hydrazine groups is 1. The number of anilines is 1. The highest BCUT2D eigenvalue weighted by Gasteiger charge is 2.14. The average molecular weight is 282 g/mol. The number of nitrogens with one attached hydrogen (secondary N) is 2. The molecule has 0 aliphatic rings. The Morgan fingerprint density at radius 2 is 2.00 bits per heavy atom. The highest BCUT2D eigenvalue weighted by molar-refractivity contribution is 7.89. The van der Waals surface area contributed by atoms with E-state index in [9.17, 15) is 8.42 Å². The molecule has 0 unspecified atom stereocenters. The third-order valence-corrected chi connectivity index (χ3v) is 3.87. The maximum absolute atomic E-state index is 12.0. The number of nitrogen functional groups attached to an aromatic ring is 1. The monoisotopic (exact) mass is 282 g/mol. The third-order valence-electron chi connectivity index (χ3n) is 2.45. The van der Waals surface area contributed by atoms with Crippen molar-refractivity contribution in [2.75, 3.05) is 5.43 Å². The molecule has 0 fully saturated rings. The first-order valence-corrected chi connectivity index (χ1v) is 6.98. The molecule has 0 aliphatic heterocycles. The third kappa shape index (κ3) is 3.31. The first-order valence-electron chi connectivity index (χ1n) is 5.50. The average Bonchev–Trinajstić information content (AvgIpc) is 2.82. The molecule has 0 atom stereocenters. The molecule has 0 amide bonds. The lowest BCUT2D eigenvalue weighted by Crippen LogP contribution is -2.23. The van der Waals surface area contributed by atoms with Crippen LogP contribution in [0.1, 0.15) is 11.5 Å². The van der Waals surface area contributed by atoms with E-state index in [1.54, 1.807) is 25.1 Å². The molecular formula is C11H14N4O3S. The summed E-state index contributed by atoms with van der Waals surface area (Å²) in [6.45, 7) is 1.82. The fourth-order valence-corrected chi connectivity index (χ4v) is 2.48. The Morgan fingerprint density at radius 1 is 1.32 bits per heavy atom. The molecular weight excluding hydrogens is 268 g/mol. The lowest BCUT2D eigenvalue weighted by atomic mass is 10.3. The zero-order valence-corrected chi connectivity index (χ0v) is 11.1. The highest BCUT2D eigenvalue weighted by atomic mass is 32.2. The number of nitrogens with zero attached hydrogens (tertiary/aromatic N) is 1.